The van der Waals surface area contributed by atoms with E-state index < -0.39 is 0 Å². The fourth-order valence-electron chi connectivity index (χ4n) is 1.23. The molecular formula is C11H15BrN2O2. The van der Waals surface area contributed by atoms with E-state index in [1.54, 1.807) is 0 Å². The number of aromatic amines is 1. The van der Waals surface area contributed by atoms with Crippen molar-refractivity contribution in [1.82, 2.24) is 10.3 Å². The van der Waals surface area contributed by atoms with Crippen molar-refractivity contribution in [3.05, 3.63) is 34.2 Å². The van der Waals surface area contributed by atoms with Crippen LogP contribution in [0.4, 0.5) is 0 Å². The molecule has 0 unspecified atom stereocenters. The lowest BCUT2D eigenvalue weighted by Crippen LogP contribution is -2.43. The Morgan fingerprint density at radius 2 is 2.19 bits per heavy atom. The van der Waals surface area contributed by atoms with E-state index in [-0.39, 0.29) is 17.0 Å². The molecule has 1 heterocycles. The van der Waals surface area contributed by atoms with Crippen LogP contribution in [0.5, 0.6) is 0 Å². The molecule has 0 saturated carbocycles. The zero-order chi connectivity index (χ0) is 12.2. The van der Waals surface area contributed by atoms with E-state index in [4.69, 9.17) is 0 Å². The van der Waals surface area contributed by atoms with Crippen LogP contribution in [0.3, 0.4) is 0 Å². The maximum Gasteiger partial charge on any atom is 0.253 e. The van der Waals surface area contributed by atoms with E-state index in [0.29, 0.717) is 5.56 Å². The van der Waals surface area contributed by atoms with E-state index in [1.165, 1.54) is 18.3 Å². The first-order chi connectivity index (χ1) is 7.44. The summed E-state index contributed by atoms with van der Waals surface area (Å²) >= 11 is 3.34. The lowest BCUT2D eigenvalue weighted by Gasteiger charge is -2.25. The predicted molar refractivity (Wildman–Crippen MR) is 67.0 cm³/mol. The van der Waals surface area contributed by atoms with Gasteiger partial charge < -0.3 is 10.3 Å². The molecule has 0 aliphatic heterocycles. The highest BCUT2D eigenvalue weighted by Crippen LogP contribution is 2.11. The summed E-state index contributed by atoms with van der Waals surface area (Å²) in [6.07, 6.45) is 2.25. The molecule has 0 spiro atoms. The third-order valence-corrected chi connectivity index (χ3v) is 2.61. The monoisotopic (exact) mass is 286 g/mol. The van der Waals surface area contributed by atoms with Gasteiger partial charge in [0.15, 0.2) is 0 Å². The minimum absolute atomic E-state index is 0.179. The smallest absolute Gasteiger partial charge is 0.253 e. The summed E-state index contributed by atoms with van der Waals surface area (Å²) < 4.78 is 0. The van der Waals surface area contributed by atoms with Crippen LogP contribution < -0.4 is 10.9 Å². The number of alkyl halides is 1. The fourth-order valence-corrected chi connectivity index (χ4v) is 2.22. The predicted octanol–water partition coefficient (Wildman–Crippen LogP) is 1.67. The number of pyridine rings is 1. The first-order valence-corrected chi connectivity index (χ1v) is 6.14. The van der Waals surface area contributed by atoms with Crippen molar-refractivity contribution < 1.29 is 4.79 Å². The number of carbonyl (C=O) groups excluding carboxylic acids is 1. The van der Waals surface area contributed by atoms with Crippen LogP contribution in [0.2, 0.25) is 0 Å². The molecule has 1 aromatic heterocycles. The Labute approximate surface area is 103 Å². The summed E-state index contributed by atoms with van der Waals surface area (Å²) in [7, 11) is 0. The number of nitrogens with one attached hydrogen (secondary N) is 2. The maximum absolute atomic E-state index is 11.8. The summed E-state index contributed by atoms with van der Waals surface area (Å²) in [5, 5.41) is 3.73. The average molecular weight is 287 g/mol. The van der Waals surface area contributed by atoms with Crippen molar-refractivity contribution in [3.8, 4) is 0 Å². The standard InChI is InChI=1S/C11H15BrN2O2/c1-11(2,5-6-12)14-10(16)8-3-4-9(15)13-7-8/h3-4,7H,5-6H2,1-2H3,(H,13,15)(H,14,16). The van der Waals surface area contributed by atoms with Gasteiger partial charge in [-0.25, -0.2) is 0 Å². The van der Waals surface area contributed by atoms with Crippen molar-refractivity contribution in [1.29, 1.82) is 0 Å². The molecule has 1 amide bonds. The molecule has 1 aromatic rings. The SMILES string of the molecule is CC(C)(CCBr)NC(=O)c1ccc(=O)[nH]c1. The highest BCUT2D eigenvalue weighted by molar-refractivity contribution is 9.09. The number of halogens is 1. The molecule has 88 valence electrons. The van der Waals surface area contributed by atoms with Gasteiger partial charge in [0, 0.05) is 23.1 Å². The van der Waals surface area contributed by atoms with Crippen LogP contribution in [-0.4, -0.2) is 21.8 Å². The van der Waals surface area contributed by atoms with Gasteiger partial charge in [-0.3, -0.25) is 9.59 Å². The van der Waals surface area contributed by atoms with Gasteiger partial charge in [0.1, 0.15) is 0 Å². The number of hydrogen-bond acceptors (Lipinski definition) is 2. The van der Waals surface area contributed by atoms with Gasteiger partial charge in [0.25, 0.3) is 5.91 Å². The number of hydrogen-bond donors (Lipinski definition) is 2. The van der Waals surface area contributed by atoms with Crippen LogP contribution in [-0.2, 0) is 0 Å². The normalized spacial score (nSPS) is 11.2. The Bertz CT molecular complexity index is 406. The second-order valence-electron chi connectivity index (χ2n) is 4.22. The summed E-state index contributed by atoms with van der Waals surface area (Å²) in [5.41, 5.74) is -0.0185. The Hall–Kier alpha value is -1.10. The Morgan fingerprint density at radius 3 is 2.69 bits per heavy atom. The fraction of sp³-hybridized carbons (Fsp3) is 0.455. The zero-order valence-electron chi connectivity index (χ0n) is 9.34. The summed E-state index contributed by atoms with van der Waals surface area (Å²) in [4.78, 5) is 25.1. The second kappa shape index (κ2) is 5.30. The van der Waals surface area contributed by atoms with Gasteiger partial charge in [-0.1, -0.05) is 15.9 Å². The Balaban J connectivity index is 2.72. The first-order valence-electron chi connectivity index (χ1n) is 5.02. The summed E-state index contributed by atoms with van der Waals surface area (Å²) in [6, 6.07) is 2.85. The van der Waals surface area contributed by atoms with Crippen LogP contribution in [0, 0.1) is 0 Å². The molecular weight excluding hydrogens is 272 g/mol. The number of aromatic nitrogens is 1. The zero-order valence-corrected chi connectivity index (χ0v) is 10.9. The van der Waals surface area contributed by atoms with Gasteiger partial charge in [-0.05, 0) is 26.3 Å². The number of rotatable bonds is 4. The minimum Gasteiger partial charge on any atom is -0.347 e. The Morgan fingerprint density at radius 1 is 1.50 bits per heavy atom. The van der Waals surface area contributed by atoms with Gasteiger partial charge in [-0.15, -0.1) is 0 Å². The number of carbonyl (C=O) groups is 1. The highest BCUT2D eigenvalue weighted by Gasteiger charge is 2.20. The molecule has 1 rings (SSSR count). The van der Waals surface area contributed by atoms with Crippen molar-refractivity contribution in [3.63, 3.8) is 0 Å². The molecule has 0 aliphatic rings. The van der Waals surface area contributed by atoms with E-state index in [2.05, 4.69) is 26.2 Å². The van der Waals surface area contributed by atoms with E-state index in [0.717, 1.165) is 11.8 Å². The van der Waals surface area contributed by atoms with Crippen LogP contribution >= 0.6 is 15.9 Å². The van der Waals surface area contributed by atoms with Gasteiger partial charge in [0.05, 0.1) is 5.56 Å². The van der Waals surface area contributed by atoms with Crippen LogP contribution in [0.25, 0.3) is 0 Å². The molecule has 4 nitrogen and oxygen atoms in total. The molecule has 0 fully saturated rings. The quantitative estimate of drug-likeness (QED) is 0.827. The molecule has 5 heteroatoms. The van der Waals surface area contributed by atoms with Gasteiger partial charge in [-0.2, -0.15) is 0 Å². The van der Waals surface area contributed by atoms with Crippen molar-refractivity contribution in [2.24, 2.45) is 0 Å². The molecule has 0 aliphatic carbocycles. The molecule has 0 saturated heterocycles. The maximum atomic E-state index is 11.8. The van der Waals surface area contributed by atoms with Gasteiger partial charge >= 0.3 is 0 Å². The van der Waals surface area contributed by atoms with Crippen molar-refractivity contribution >= 4 is 21.8 Å². The third kappa shape index (κ3) is 3.81. The van der Waals surface area contributed by atoms with Crippen molar-refractivity contribution in [2.75, 3.05) is 5.33 Å². The largest absolute Gasteiger partial charge is 0.347 e. The lowest BCUT2D eigenvalue weighted by molar-refractivity contribution is 0.0911. The highest BCUT2D eigenvalue weighted by atomic mass is 79.9. The van der Waals surface area contributed by atoms with Crippen LogP contribution in [0.15, 0.2) is 23.1 Å². The van der Waals surface area contributed by atoms with E-state index in [9.17, 15) is 9.59 Å². The van der Waals surface area contributed by atoms with Crippen LogP contribution in [0.1, 0.15) is 30.6 Å². The number of H-pyrrole nitrogens is 1. The molecule has 16 heavy (non-hydrogen) atoms. The Kier molecular flexibility index (Phi) is 4.29. The summed E-state index contributed by atoms with van der Waals surface area (Å²) in [5.74, 6) is -0.179. The lowest BCUT2D eigenvalue weighted by atomic mass is 10.0. The topological polar surface area (TPSA) is 62.0 Å². The minimum atomic E-state index is -0.267. The second-order valence-corrected chi connectivity index (χ2v) is 5.01. The van der Waals surface area contributed by atoms with Crippen molar-refractivity contribution in [2.45, 2.75) is 25.8 Å². The van der Waals surface area contributed by atoms with E-state index >= 15 is 0 Å². The van der Waals surface area contributed by atoms with E-state index in [1.807, 2.05) is 13.8 Å². The molecule has 0 bridgehead atoms. The molecule has 2 N–H and O–H groups in total. The molecule has 0 aromatic carbocycles. The first kappa shape index (κ1) is 13.0. The van der Waals surface area contributed by atoms with Gasteiger partial charge in [0.2, 0.25) is 5.56 Å². The molecule has 0 radical (unpaired) electrons. The average Bonchev–Trinajstić information content (AvgIpc) is 2.17. The summed E-state index contributed by atoms with van der Waals surface area (Å²) in [6.45, 7) is 3.91. The molecule has 0 atom stereocenters. The third-order valence-electron chi connectivity index (χ3n) is 2.22. The number of amides is 1.